The van der Waals surface area contributed by atoms with Crippen molar-refractivity contribution in [3.8, 4) is 17.3 Å². The van der Waals surface area contributed by atoms with Crippen molar-refractivity contribution in [2.45, 2.75) is 126 Å². The molecule has 63 heavy (non-hydrogen) atoms. The minimum Gasteiger partial charge on any atom is -0.470 e. The van der Waals surface area contributed by atoms with E-state index >= 15 is 0 Å². The third kappa shape index (κ3) is 8.93. The number of aromatic nitrogens is 2. The van der Waals surface area contributed by atoms with Crippen LogP contribution in [-0.4, -0.2) is 95.6 Å². The van der Waals surface area contributed by atoms with Crippen molar-refractivity contribution in [1.82, 2.24) is 30.2 Å². The van der Waals surface area contributed by atoms with Gasteiger partial charge in [0.05, 0.1) is 11.8 Å². The lowest BCUT2D eigenvalue weighted by atomic mass is 9.87. The smallest absolute Gasteiger partial charge is 0.262 e. The molecule has 9 rings (SSSR count). The Morgan fingerprint density at radius 1 is 0.952 bits per heavy atom. The molecule has 2 aromatic heterocycles. The van der Waals surface area contributed by atoms with Crippen LogP contribution in [0.15, 0.2) is 65.1 Å². The fraction of sp³-hybridized carbons (Fsp3) is 0.532. The Morgan fingerprint density at radius 3 is 2.46 bits per heavy atom. The van der Waals surface area contributed by atoms with E-state index in [1.165, 1.54) is 4.90 Å². The summed E-state index contributed by atoms with van der Waals surface area (Å²) in [5.41, 5.74) is 1.77. The van der Waals surface area contributed by atoms with E-state index in [4.69, 9.17) is 23.9 Å². The van der Waals surface area contributed by atoms with Gasteiger partial charge in [-0.1, -0.05) is 82.2 Å². The number of nitrogens with one attached hydrogen (secondary N) is 3. The molecule has 2 saturated heterocycles. The number of hydrogen-bond acceptors (Lipinski definition) is 11. The molecule has 3 N–H and O–H groups in total. The maximum atomic E-state index is 14.9. The number of carbonyl (C=O) groups is 4. The summed E-state index contributed by atoms with van der Waals surface area (Å²) >= 11 is 0. The Morgan fingerprint density at radius 2 is 1.71 bits per heavy atom. The Hall–Kier alpha value is -5.35. The lowest BCUT2D eigenvalue weighted by Crippen LogP contribution is -2.58. The van der Waals surface area contributed by atoms with Gasteiger partial charge in [0.2, 0.25) is 33.3 Å². The van der Waals surface area contributed by atoms with Crippen molar-refractivity contribution in [3.05, 3.63) is 66.2 Å². The molecule has 5 aliphatic rings. The van der Waals surface area contributed by atoms with Gasteiger partial charge in [-0.05, 0) is 74.5 Å². The van der Waals surface area contributed by atoms with Crippen LogP contribution in [0.4, 0.5) is 0 Å². The average Bonchev–Trinajstić information content (AvgIpc) is 4.17. The summed E-state index contributed by atoms with van der Waals surface area (Å²) < 4.78 is 46.8. The highest BCUT2D eigenvalue weighted by atomic mass is 32.2. The minimum absolute atomic E-state index is 0.0120. The molecule has 4 fully saturated rings. The second kappa shape index (κ2) is 17.0. The van der Waals surface area contributed by atoms with E-state index < -0.39 is 62.6 Å². The molecular formula is C47H56N6O9S. The van der Waals surface area contributed by atoms with E-state index in [-0.39, 0.29) is 42.5 Å². The van der Waals surface area contributed by atoms with E-state index in [1.807, 2.05) is 48.6 Å². The number of benzene rings is 2. The second-order valence-electron chi connectivity index (χ2n) is 18.9. The van der Waals surface area contributed by atoms with Crippen LogP contribution in [0.2, 0.25) is 0 Å². The first-order valence-corrected chi connectivity index (χ1v) is 23.9. The van der Waals surface area contributed by atoms with E-state index in [0.717, 1.165) is 29.4 Å². The SMILES string of the molecule is CC(C)(C)c1ccc(-c2nc(O[C@@H]3C[C@H]4C(=O)N[C@]5(C(=O)NS(=O)(=O)C6CC6)C[C@H]5C=CCCCCC[C@H](NC(=O)C5CCOCC5)C(=O)N4C3)c3oc4ccccc4c3n2)cc1. The maximum absolute atomic E-state index is 14.9. The molecule has 0 bridgehead atoms. The van der Waals surface area contributed by atoms with Crippen molar-refractivity contribution in [1.29, 1.82) is 0 Å². The van der Waals surface area contributed by atoms with E-state index in [1.54, 1.807) is 0 Å². The number of allylic oxidation sites excluding steroid dienone is 1. The third-order valence-corrected chi connectivity index (χ3v) is 15.0. The van der Waals surface area contributed by atoms with Gasteiger partial charge in [-0.3, -0.25) is 23.9 Å². The van der Waals surface area contributed by atoms with Crippen LogP contribution in [0.25, 0.3) is 33.5 Å². The lowest BCUT2D eigenvalue weighted by molar-refractivity contribution is -0.143. The summed E-state index contributed by atoms with van der Waals surface area (Å²) in [5.74, 6) is -2.27. The largest absolute Gasteiger partial charge is 0.470 e. The number of nitrogens with zero attached hydrogens (tertiary/aromatic N) is 3. The van der Waals surface area contributed by atoms with Gasteiger partial charge in [-0.2, -0.15) is 4.98 Å². The van der Waals surface area contributed by atoms with E-state index in [2.05, 4.69) is 48.3 Å². The fourth-order valence-electron chi connectivity index (χ4n) is 9.15. The van der Waals surface area contributed by atoms with E-state index in [0.29, 0.717) is 80.7 Å². The second-order valence-corrected chi connectivity index (χ2v) is 20.9. The minimum atomic E-state index is -3.92. The van der Waals surface area contributed by atoms with Gasteiger partial charge in [0.25, 0.3) is 11.8 Å². The molecule has 16 heteroatoms. The van der Waals surface area contributed by atoms with Crippen LogP contribution < -0.4 is 20.1 Å². The molecule has 5 atom stereocenters. The van der Waals surface area contributed by atoms with Crippen molar-refractivity contribution < 1.29 is 41.5 Å². The number of furan rings is 1. The maximum Gasteiger partial charge on any atom is 0.262 e. The number of para-hydroxylation sites is 1. The van der Waals surface area contributed by atoms with Gasteiger partial charge in [0, 0.05) is 42.4 Å². The highest BCUT2D eigenvalue weighted by Crippen LogP contribution is 2.46. The number of rotatable bonds is 8. The van der Waals surface area contributed by atoms with Gasteiger partial charge in [0.1, 0.15) is 34.8 Å². The summed E-state index contributed by atoms with van der Waals surface area (Å²) in [7, 11) is -3.92. The summed E-state index contributed by atoms with van der Waals surface area (Å²) in [4.78, 5) is 68.5. The highest BCUT2D eigenvalue weighted by Gasteiger charge is 2.62. The van der Waals surface area contributed by atoms with E-state index in [9.17, 15) is 27.6 Å². The number of carbonyl (C=O) groups excluding carboxylic acids is 4. The normalized spacial score (nSPS) is 26.3. The predicted octanol–water partition coefficient (Wildman–Crippen LogP) is 5.60. The first kappa shape index (κ1) is 42.9. The standard InChI is InChI=1S/C47H56N6O9S/c1-46(2,3)30-17-15-28(16-18-30)40-49-38-34-12-9-10-14-37(34)62-39(38)43(50-40)61-32-25-36-42(55)51-47(45(57)52-63(58,59)33-19-20-33)26-31(47)11-7-5-4-6-8-13-35(44(56)53(36)27-32)48-41(54)29-21-23-60-24-22-29/h7,9-12,14-18,29,31-33,35-36H,4-6,8,13,19-27H2,1-3H3,(H,48,54)(H,51,55)(H,52,57)/t31-,32-,35+,36+,47-/m1/s1. The molecular weight excluding hydrogens is 825 g/mol. The first-order valence-electron chi connectivity index (χ1n) is 22.4. The van der Waals surface area contributed by atoms with Crippen LogP contribution >= 0.6 is 0 Å². The number of fused-ring (bicyclic) bond motifs is 5. The van der Waals surface area contributed by atoms with Crippen LogP contribution in [0.1, 0.15) is 97.0 Å². The van der Waals surface area contributed by atoms with Gasteiger partial charge >= 0.3 is 0 Å². The molecule has 2 aliphatic carbocycles. The molecule has 0 spiro atoms. The third-order valence-electron chi connectivity index (χ3n) is 13.2. The number of amides is 4. The van der Waals surface area contributed by atoms with Gasteiger partial charge in [-0.15, -0.1) is 0 Å². The van der Waals surface area contributed by atoms with Crippen molar-refractivity contribution in [3.63, 3.8) is 0 Å². The Bertz CT molecular complexity index is 2560. The fourth-order valence-corrected chi connectivity index (χ4v) is 10.5. The number of ether oxygens (including phenoxy) is 2. The molecule has 0 unspecified atom stereocenters. The average molecular weight is 881 g/mol. The molecule has 0 radical (unpaired) electrons. The Balaban J connectivity index is 1.06. The molecule has 4 aromatic rings. The quantitative estimate of drug-likeness (QED) is 0.186. The predicted molar refractivity (Wildman–Crippen MR) is 235 cm³/mol. The first-order chi connectivity index (χ1) is 30.2. The molecule has 334 valence electrons. The number of sulfonamides is 1. The molecule has 2 saturated carbocycles. The van der Waals surface area contributed by atoms with Crippen molar-refractivity contribution in [2.75, 3.05) is 19.8 Å². The topological polar surface area (TPSA) is 199 Å². The summed E-state index contributed by atoms with van der Waals surface area (Å²) in [6.07, 6.45) is 8.62. The molecule has 4 amide bonds. The van der Waals surface area contributed by atoms with Gasteiger partial charge < -0.3 is 29.4 Å². The van der Waals surface area contributed by atoms with Crippen LogP contribution in [0, 0.1) is 11.8 Å². The Labute approximate surface area is 367 Å². The van der Waals surface area contributed by atoms with Crippen LogP contribution in [0.3, 0.4) is 0 Å². The van der Waals surface area contributed by atoms with Crippen molar-refractivity contribution >= 4 is 55.7 Å². The molecule has 3 aliphatic heterocycles. The zero-order valence-electron chi connectivity index (χ0n) is 36.1. The zero-order chi connectivity index (χ0) is 44.1. The lowest BCUT2D eigenvalue weighted by Gasteiger charge is -2.31. The van der Waals surface area contributed by atoms with Crippen LogP contribution in [-0.2, 0) is 39.4 Å². The Kier molecular flexibility index (Phi) is 11.6. The molecule has 5 heterocycles. The summed E-state index contributed by atoms with van der Waals surface area (Å²) in [6.45, 7) is 7.31. The van der Waals surface area contributed by atoms with Crippen LogP contribution in [0.5, 0.6) is 5.88 Å². The highest BCUT2D eigenvalue weighted by molar-refractivity contribution is 7.91. The summed E-state index contributed by atoms with van der Waals surface area (Å²) in [5, 5.41) is 6.11. The summed E-state index contributed by atoms with van der Waals surface area (Å²) in [6, 6.07) is 13.5. The van der Waals surface area contributed by atoms with Gasteiger partial charge in [0.15, 0.2) is 5.82 Å². The molecule has 2 aromatic carbocycles. The zero-order valence-corrected chi connectivity index (χ0v) is 36.9. The van der Waals surface area contributed by atoms with Crippen molar-refractivity contribution in [2.24, 2.45) is 11.8 Å². The van der Waals surface area contributed by atoms with Gasteiger partial charge in [-0.25, -0.2) is 13.4 Å². The molecule has 15 nitrogen and oxygen atoms in total. The number of hydrogen-bond donors (Lipinski definition) is 3. The monoisotopic (exact) mass is 880 g/mol.